The number of H-pyrrole nitrogens is 1. The Morgan fingerprint density at radius 1 is 1.24 bits per heavy atom. The highest BCUT2D eigenvalue weighted by molar-refractivity contribution is 8.35. The first-order valence-electron chi connectivity index (χ1n) is 10.7. The Morgan fingerprint density at radius 3 is 2.74 bits per heavy atom. The summed E-state index contributed by atoms with van der Waals surface area (Å²) in [7, 11) is 0.684. The van der Waals surface area contributed by atoms with Gasteiger partial charge in [0.15, 0.2) is 0 Å². The van der Waals surface area contributed by atoms with Crippen molar-refractivity contribution < 1.29 is 14.3 Å². The van der Waals surface area contributed by atoms with Crippen LogP contribution in [0.3, 0.4) is 0 Å². The summed E-state index contributed by atoms with van der Waals surface area (Å²) in [4.78, 5) is 31.6. The van der Waals surface area contributed by atoms with Gasteiger partial charge >= 0.3 is 0 Å². The highest BCUT2D eigenvalue weighted by atomic mass is 32.3. The molecular weight excluding hydrogens is 450 g/mol. The summed E-state index contributed by atoms with van der Waals surface area (Å²) in [6.45, 7) is 0.000370. The van der Waals surface area contributed by atoms with Crippen LogP contribution in [0.1, 0.15) is 27.6 Å². The fourth-order valence-corrected chi connectivity index (χ4v) is 3.80. The molecule has 2 amide bonds. The number of ether oxygens (including phenoxy) is 1. The van der Waals surface area contributed by atoms with E-state index in [1.165, 1.54) is 4.90 Å². The summed E-state index contributed by atoms with van der Waals surface area (Å²) >= 11 is 0. The molecule has 1 aliphatic rings. The molecule has 0 aliphatic carbocycles. The molecule has 2 N–H and O–H groups in total. The average Bonchev–Trinajstić information content (AvgIpc) is 3.24. The van der Waals surface area contributed by atoms with E-state index in [2.05, 4.69) is 50.4 Å². The topological polar surface area (TPSA) is 100 Å². The van der Waals surface area contributed by atoms with Gasteiger partial charge in [-0.25, -0.2) is 4.98 Å². The van der Waals surface area contributed by atoms with Gasteiger partial charge in [-0.3, -0.25) is 14.7 Å². The number of benzene rings is 2. The van der Waals surface area contributed by atoms with Crippen LogP contribution in [0.5, 0.6) is 5.75 Å². The first-order chi connectivity index (χ1) is 16.2. The van der Waals surface area contributed by atoms with Crippen LogP contribution in [0.4, 0.5) is 5.69 Å². The lowest BCUT2D eigenvalue weighted by molar-refractivity contribution is -0.120. The maximum Gasteiger partial charge on any atom is 0.291 e. The van der Waals surface area contributed by atoms with Crippen LogP contribution in [0.2, 0.25) is 0 Å². The van der Waals surface area contributed by atoms with Gasteiger partial charge in [0.05, 0.1) is 5.69 Å². The maximum atomic E-state index is 13.1. The van der Waals surface area contributed by atoms with Crippen molar-refractivity contribution in [1.29, 1.82) is 0 Å². The number of hydrogen-bond acceptors (Lipinski definition) is 5. The van der Waals surface area contributed by atoms with Crippen molar-refractivity contribution in [2.45, 2.75) is 12.5 Å². The van der Waals surface area contributed by atoms with Crippen molar-refractivity contribution in [3.63, 3.8) is 0 Å². The highest BCUT2D eigenvalue weighted by Crippen LogP contribution is 2.34. The molecule has 3 aromatic rings. The Morgan fingerprint density at radius 2 is 2.00 bits per heavy atom. The number of carbonyl (C=O) groups is 2. The fourth-order valence-electron chi connectivity index (χ4n) is 3.38. The van der Waals surface area contributed by atoms with Gasteiger partial charge in [-0.05, 0) is 47.8 Å². The number of nitrogens with zero attached hydrogens (tertiary/aromatic N) is 3. The van der Waals surface area contributed by atoms with Gasteiger partial charge in [-0.15, -0.1) is 5.10 Å². The second kappa shape index (κ2) is 9.61. The van der Waals surface area contributed by atoms with E-state index < -0.39 is 22.0 Å². The minimum atomic E-state index is -0.975. The van der Waals surface area contributed by atoms with Crippen LogP contribution in [-0.2, 0) is 11.2 Å². The van der Waals surface area contributed by atoms with E-state index in [1.54, 1.807) is 13.1 Å². The molecule has 1 aromatic heterocycles. The SMILES string of the molecule is CN1C(=O)C(NC(=O)c2n[nH]c(Cc3ccccc3)n2)COc2ccc(C#CS(C)(C)C)cc21. The number of aromatic nitrogens is 3. The predicted octanol–water partition coefficient (Wildman–Crippen LogP) is 2.55. The highest BCUT2D eigenvalue weighted by Gasteiger charge is 2.31. The average molecular weight is 478 g/mol. The number of nitrogens with one attached hydrogen (secondary N) is 2. The van der Waals surface area contributed by atoms with E-state index in [4.69, 9.17) is 4.74 Å². The third-order valence-electron chi connectivity index (χ3n) is 5.11. The normalized spacial score (nSPS) is 15.9. The van der Waals surface area contributed by atoms with E-state index in [-0.39, 0.29) is 18.3 Å². The van der Waals surface area contributed by atoms with Gasteiger partial charge in [0, 0.05) is 19.0 Å². The number of rotatable bonds is 4. The Hall–Kier alpha value is -3.77. The van der Waals surface area contributed by atoms with E-state index in [1.807, 2.05) is 42.5 Å². The monoisotopic (exact) mass is 477 g/mol. The molecule has 8 nitrogen and oxygen atoms in total. The van der Waals surface area contributed by atoms with Crippen molar-refractivity contribution >= 4 is 27.5 Å². The third-order valence-corrected chi connectivity index (χ3v) is 5.82. The standard InChI is InChI=1S/C25H27N5O3S/c1-30-20-14-18(12-13-34(2,3)4)10-11-21(20)33-16-19(25(30)32)26-24(31)23-27-22(28-29-23)15-17-8-6-5-7-9-17/h5-11,14,19H,15-16H2,1-4H3,(H,26,31)(H,27,28,29). The van der Waals surface area contributed by atoms with E-state index in [9.17, 15) is 9.59 Å². The summed E-state index contributed by atoms with van der Waals surface area (Å²) in [5, 5.41) is 12.8. The molecule has 1 aliphatic heterocycles. The van der Waals surface area contributed by atoms with Crippen molar-refractivity contribution in [1.82, 2.24) is 20.5 Å². The molecule has 1 unspecified atom stereocenters. The summed E-state index contributed by atoms with van der Waals surface area (Å²) in [6, 6.07) is 14.4. The van der Waals surface area contributed by atoms with E-state index in [0.29, 0.717) is 23.7 Å². The molecule has 0 bridgehead atoms. The first-order valence-corrected chi connectivity index (χ1v) is 13.6. The zero-order valence-corrected chi connectivity index (χ0v) is 20.4. The number of amides is 2. The zero-order valence-electron chi connectivity index (χ0n) is 19.6. The maximum absolute atomic E-state index is 13.1. The molecular formula is C25H27N5O3S. The number of fused-ring (bicyclic) bond motifs is 1. The molecule has 34 heavy (non-hydrogen) atoms. The predicted molar refractivity (Wildman–Crippen MR) is 134 cm³/mol. The van der Waals surface area contributed by atoms with Crippen LogP contribution < -0.4 is 15.0 Å². The van der Waals surface area contributed by atoms with Gasteiger partial charge in [0.25, 0.3) is 11.8 Å². The third kappa shape index (κ3) is 5.58. The van der Waals surface area contributed by atoms with Crippen molar-refractivity contribution in [2.75, 3.05) is 37.3 Å². The van der Waals surface area contributed by atoms with Crippen molar-refractivity contribution in [3.05, 3.63) is 71.3 Å². The van der Waals surface area contributed by atoms with E-state index in [0.717, 1.165) is 11.1 Å². The Labute approximate surface area is 200 Å². The summed E-state index contributed by atoms with van der Waals surface area (Å²) < 4.78 is 5.85. The molecule has 0 spiro atoms. The molecule has 4 rings (SSSR count). The lowest BCUT2D eigenvalue weighted by Gasteiger charge is -2.20. The molecule has 0 fully saturated rings. The van der Waals surface area contributed by atoms with Gasteiger partial charge in [-0.2, -0.15) is 10.0 Å². The van der Waals surface area contributed by atoms with Crippen LogP contribution in [0.25, 0.3) is 0 Å². The molecule has 0 radical (unpaired) electrons. The lowest BCUT2D eigenvalue weighted by atomic mass is 10.1. The second-order valence-electron chi connectivity index (χ2n) is 8.75. The summed E-state index contributed by atoms with van der Waals surface area (Å²) in [6.07, 6.45) is 6.88. The van der Waals surface area contributed by atoms with Crippen LogP contribution in [-0.4, -0.2) is 65.5 Å². The molecule has 0 saturated carbocycles. The lowest BCUT2D eigenvalue weighted by Crippen LogP contribution is -2.49. The summed E-state index contributed by atoms with van der Waals surface area (Å²) in [5.74, 6) is 3.44. The molecule has 0 saturated heterocycles. The number of carbonyl (C=O) groups excluding carboxylic acids is 2. The minimum Gasteiger partial charge on any atom is -0.489 e. The van der Waals surface area contributed by atoms with Crippen molar-refractivity contribution in [3.8, 4) is 16.9 Å². The summed E-state index contributed by atoms with van der Waals surface area (Å²) in [5.41, 5.74) is 2.46. The largest absolute Gasteiger partial charge is 0.489 e. The molecule has 1 atom stereocenters. The zero-order chi connectivity index (χ0) is 24.3. The van der Waals surface area contributed by atoms with Gasteiger partial charge in [0.2, 0.25) is 5.82 Å². The van der Waals surface area contributed by atoms with Crippen LogP contribution in [0.15, 0.2) is 48.5 Å². The quantitative estimate of drug-likeness (QED) is 0.563. The van der Waals surface area contributed by atoms with Gasteiger partial charge in [-0.1, -0.05) is 36.3 Å². The molecule has 176 valence electrons. The van der Waals surface area contributed by atoms with Crippen molar-refractivity contribution in [2.24, 2.45) is 0 Å². The van der Waals surface area contributed by atoms with Gasteiger partial charge in [0.1, 0.15) is 24.2 Å². The first kappa shape index (κ1) is 23.4. The number of anilines is 1. The molecule has 9 heteroatoms. The Bertz CT molecular complexity index is 1270. The van der Waals surface area contributed by atoms with E-state index >= 15 is 0 Å². The number of aromatic amines is 1. The number of hydrogen-bond donors (Lipinski definition) is 2. The number of likely N-dealkylation sites (N-methyl/N-ethyl adjacent to an activating group) is 1. The smallest absolute Gasteiger partial charge is 0.291 e. The van der Waals surface area contributed by atoms with Gasteiger partial charge < -0.3 is 15.0 Å². The Balaban J connectivity index is 1.46. The second-order valence-corrected chi connectivity index (χ2v) is 12.6. The molecule has 2 heterocycles. The molecule has 2 aromatic carbocycles. The minimum absolute atomic E-state index is 0.000370. The van der Waals surface area contributed by atoms with Crippen LogP contribution >= 0.6 is 10.0 Å². The van der Waals surface area contributed by atoms with Crippen LogP contribution in [0, 0.1) is 11.2 Å². The Kier molecular flexibility index (Phi) is 6.61. The fraction of sp³-hybridized carbons (Fsp3) is 0.280.